The Morgan fingerprint density at radius 3 is 2.24 bits per heavy atom. The van der Waals surface area contributed by atoms with E-state index in [0.717, 1.165) is 29.5 Å². The van der Waals surface area contributed by atoms with Crippen LogP contribution in [0, 0.1) is 5.82 Å². The molecule has 0 bridgehead atoms. The van der Waals surface area contributed by atoms with E-state index < -0.39 is 6.10 Å². The Kier molecular flexibility index (Phi) is 4.13. The summed E-state index contributed by atoms with van der Waals surface area (Å²) in [5.74, 6) is -0.252. The highest BCUT2D eigenvalue weighted by Gasteiger charge is 2.25. The first-order chi connectivity index (χ1) is 10.2. The molecule has 1 N–H and O–H groups in total. The highest BCUT2D eigenvalue weighted by atomic mass is 32.2. The van der Waals surface area contributed by atoms with Gasteiger partial charge in [0.2, 0.25) is 0 Å². The van der Waals surface area contributed by atoms with Crippen LogP contribution in [-0.4, -0.2) is 17.5 Å². The zero-order valence-corrected chi connectivity index (χ0v) is 12.7. The average Bonchev–Trinajstić information content (AvgIpc) is 2.90. The third-order valence-corrected chi connectivity index (χ3v) is 4.66. The van der Waals surface area contributed by atoms with E-state index in [1.165, 1.54) is 22.6 Å². The van der Waals surface area contributed by atoms with Gasteiger partial charge < -0.3 is 5.11 Å². The molecule has 21 heavy (non-hydrogen) atoms. The van der Waals surface area contributed by atoms with Crippen molar-refractivity contribution in [3.63, 3.8) is 0 Å². The van der Waals surface area contributed by atoms with Gasteiger partial charge >= 0.3 is 0 Å². The molecule has 0 saturated heterocycles. The maximum absolute atomic E-state index is 13.1. The van der Waals surface area contributed by atoms with Crippen LogP contribution in [0.5, 0.6) is 0 Å². The van der Waals surface area contributed by atoms with Crippen molar-refractivity contribution in [2.75, 3.05) is 6.26 Å². The van der Waals surface area contributed by atoms with Crippen molar-refractivity contribution in [1.82, 2.24) is 0 Å². The van der Waals surface area contributed by atoms with Gasteiger partial charge in [0.05, 0.1) is 6.10 Å². The van der Waals surface area contributed by atoms with Gasteiger partial charge in [-0.25, -0.2) is 4.39 Å². The summed E-state index contributed by atoms with van der Waals surface area (Å²) in [6.07, 6.45) is 3.17. The van der Waals surface area contributed by atoms with E-state index in [1.54, 1.807) is 23.9 Å². The number of allylic oxidation sites excluding steroid dienone is 1. The predicted octanol–water partition coefficient (Wildman–Crippen LogP) is 4.61. The molecule has 1 unspecified atom stereocenters. The summed E-state index contributed by atoms with van der Waals surface area (Å²) < 4.78 is 13.1. The Labute approximate surface area is 128 Å². The van der Waals surface area contributed by atoms with Gasteiger partial charge in [-0.2, -0.15) is 0 Å². The third-order valence-electron chi connectivity index (χ3n) is 3.92. The van der Waals surface area contributed by atoms with Gasteiger partial charge in [-0.1, -0.05) is 24.3 Å². The van der Waals surface area contributed by atoms with Crippen LogP contribution in [0.15, 0.2) is 53.4 Å². The van der Waals surface area contributed by atoms with Crippen LogP contribution in [0.2, 0.25) is 0 Å². The van der Waals surface area contributed by atoms with E-state index in [1.807, 2.05) is 0 Å². The van der Waals surface area contributed by atoms with E-state index in [-0.39, 0.29) is 5.82 Å². The minimum absolute atomic E-state index is 0.252. The number of aliphatic hydroxyl groups excluding tert-OH is 1. The summed E-state index contributed by atoms with van der Waals surface area (Å²) >= 11 is 1.71. The maximum atomic E-state index is 13.1. The van der Waals surface area contributed by atoms with Crippen molar-refractivity contribution >= 4 is 22.9 Å². The van der Waals surface area contributed by atoms with E-state index in [4.69, 9.17) is 0 Å². The van der Waals surface area contributed by atoms with Gasteiger partial charge in [0.25, 0.3) is 0 Å². The molecular weight excluding hydrogens is 283 g/mol. The van der Waals surface area contributed by atoms with Crippen LogP contribution in [0.3, 0.4) is 0 Å². The van der Waals surface area contributed by atoms with Crippen LogP contribution >= 0.6 is 11.8 Å². The van der Waals surface area contributed by atoms with Crippen LogP contribution in [0.25, 0.3) is 11.1 Å². The minimum atomic E-state index is -0.467. The number of thioether (sulfide) groups is 1. The standard InChI is InChI=1S/C18H17FOS/c1-21-15-8-4-12(5-9-15)16-10-11-17(20)18(16)13-2-6-14(19)7-3-13/h2-9,17,20H,10-11H2,1H3. The number of hydrogen-bond donors (Lipinski definition) is 1. The van der Waals surface area contributed by atoms with Gasteiger partial charge in [0.1, 0.15) is 5.82 Å². The highest BCUT2D eigenvalue weighted by molar-refractivity contribution is 7.98. The lowest BCUT2D eigenvalue weighted by Gasteiger charge is -2.12. The number of aliphatic hydroxyl groups is 1. The molecule has 0 aromatic heterocycles. The van der Waals surface area contributed by atoms with E-state index in [2.05, 4.69) is 30.5 Å². The second-order valence-corrected chi connectivity index (χ2v) is 6.06. The second-order valence-electron chi connectivity index (χ2n) is 5.18. The summed E-state index contributed by atoms with van der Waals surface area (Å²) in [6, 6.07) is 14.8. The molecule has 108 valence electrons. The first-order valence-electron chi connectivity index (χ1n) is 7.00. The molecule has 3 rings (SSSR count). The molecule has 1 aliphatic rings. The first-order valence-corrected chi connectivity index (χ1v) is 8.23. The molecule has 0 amide bonds. The zero-order valence-electron chi connectivity index (χ0n) is 11.8. The Bertz CT molecular complexity index is 659. The lowest BCUT2D eigenvalue weighted by atomic mass is 9.96. The quantitative estimate of drug-likeness (QED) is 0.835. The van der Waals surface area contributed by atoms with Crippen molar-refractivity contribution in [2.45, 2.75) is 23.8 Å². The molecule has 2 aromatic rings. The molecule has 0 heterocycles. The molecule has 0 fully saturated rings. The molecule has 0 radical (unpaired) electrons. The van der Waals surface area contributed by atoms with Gasteiger partial charge in [-0.3, -0.25) is 0 Å². The first kappa shape index (κ1) is 14.4. The Morgan fingerprint density at radius 1 is 1.00 bits per heavy atom. The fourth-order valence-electron chi connectivity index (χ4n) is 2.85. The normalized spacial score (nSPS) is 18.3. The fraction of sp³-hybridized carbons (Fsp3) is 0.222. The molecule has 1 aliphatic carbocycles. The Balaban J connectivity index is 2.05. The van der Waals surface area contributed by atoms with E-state index in [0.29, 0.717) is 0 Å². The van der Waals surface area contributed by atoms with Crippen molar-refractivity contribution in [1.29, 1.82) is 0 Å². The predicted molar refractivity (Wildman–Crippen MR) is 86.7 cm³/mol. The van der Waals surface area contributed by atoms with Gasteiger partial charge in [-0.15, -0.1) is 11.8 Å². The summed E-state index contributed by atoms with van der Waals surface area (Å²) in [4.78, 5) is 1.22. The van der Waals surface area contributed by atoms with Crippen molar-refractivity contribution in [2.24, 2.45) is 0 Å². The minimum Gasteiger partial charge on any atom is -0.388 e. The molecular formula is C18H17FOS. The van der Waals surface area contributed by atoms with Crippen LogP contribution in [0.4, 0.5) is 4.39 Å². The Hall–Kier alpha value is -1.58. The van der Waals surface area contributed by atoms with E-state index in [9.17, 15) is 9.50 Å². The monoisotopic (exact) mass is 300 g/mol. The van der Waals surface area contributed by atoms with Gasteiger partial charge in [-0.05, 0) is 65.6 Å². The van der Waals surface area contributed by atoms with Crippen molar-refractivity contribution in [3.8, 4) is 0 Å². The summed E-state index contributed by atoms with van der Waals surface area (Å²) in [5, 5.41) is 10.3. The highest BCUT2D eigenvalue weighted by Crippen LogP contribution is 2.40. The topological polar surface area (TPSA) is 20.2 Å². The number of halogens is 1. The third kappa shape index (κ3) is 2.89. The molecule has 1 nitrogen and oxygen atoms in total. The smallest absolute Gasteiger partial charge is 0.123 e. The number of rotatable bonds is 3. The van der Waals surface area contributed by atoms with Crippen LogP contribution in [-0.2, 0) is 0 Å². The van der Waals surface area contributed by atoms with Gasteiger partial charge in [0, 0.05) is 4.90 Å². The zero-order chi connectivity index (χ0) is 14.8. The van der Waals surface area contributed by atoms with Crippen LogP contribution in [0.1, 0.15) is 24.0 Å². The average molecular weight is 300 g/mol. The number of hydrogen-bond acceptors (Lipinski definition) is 2. The van der Waals surface area contributed by atoms with Gasteiger partial charge in [0.15, 0.2) is 0 Å². The largest absolute Gasteiger partial charge is 0.388 e. The molecule has 3 heteroatoms. The van der Waals surface area contributed by atoms with Crippen molar-refractivity contribution < 1.29 is 9.50 Å². The molecule has 0 spiro atoms. The van der Waals surface area contributed by atoms with E-state index >= 15 is 0 Å². The molecule has 1 atom stereocenters. The second kappa shape index (κ2) is 6.04. The molecule has 2 aromatic carbocycles. The Morgan fingerprint density at radius 2 is 1.62 bits per heavy atom. The summed E-state index contributed by atoms with van der Waals surface area (Å²) in [6.45, 7) is 0. The summed E-state index contributed by atoms with van der Waals surface area (Å²) in [5.41, 5.74) is 4.16. The maximum Gasteiger partial charge on any atom is 0.123 e. The SMILES string of the molecule is CSc1ccc(C2=C(c3ccc(F)cc3)C(O)CC2)cc1. The summed E-state index contributed by atoms with van der Waals surface area (Å²) in [7, 11) is 0. The molecule has 0 aliphatic heterocycles. The number of benzene rings is 2. The van der Waals surface area contributed by atoms with Crippen molar-refractivity contribution in [3.05, 3.63) is 65.5 Å². The molecule has 0 saturated carbocycles. The lowest BCUT2D eigenvalue weighted by molar-refractivity contribution is 0.231. The fourth-order valence-corrected chi connectivity index (χ4v) is 3.26. The lowest BCUT2D eigenvalue weighted by Crippen LogP contribution is -2.04. The van der Waals surface area contributed by atoms with Crippen LogP contribution < -0.4 is 0 Å².